The quantitative estimate of drug-likeness (QED) is 0.475. The Hall–Kier alpha value is -1.87. The highest BCUT2D eigenvalue weighted by Crippen LogP contribution is 2.33. The Balaban J connectivity index is 1.65. The molecule has 1 aliphatic carbocycles. The molecule has 2 fully saturated rings. The van der Waals surface area contributed by atoms with Gasteiger partial charge in [0.25, 0.3) is 5.91 Å². The fourth-order valence-electron chi connectivity index (χ4n) is 5.23. The van der Waals surface area contributed by atoms with E-state index >= 15 is 4.39 Å². The molecule has 1 amide bonds. The number of benzene rings is 1. The molecule has 1 saturated carbocycles. The van der Waals surface area contributed by atoms with Crippen LogP contribution in [0.4, 0.5) is 4.39 Å². The van der Waals surface area contributed by atoms with Crippen molar-refractivity contribution >= 4 is 17.3 Å². The van der Waals surface area contributed by atoms with Gasteiger partial charge in [-0.25, -0.2) is 4.39 Å². The molecule has 0 bridgehead atoms. The molecule has 0 spiro atoms. The number of ether oxygens (including phenoxy) is 1. The second kappa shape index (κ2) is 11.7. The predicted octanol–water partition coefficient (Wildman–Crippen LogP) is 5.50. The van der Waals surface area contributed by atoms with E-state index in [1.807, 2.05) is 39.8 Å². The van der Waals surface area contributed by atoms with Gasteiger partial charge in [-0.2, -0.15) is 0 Å². The van der Waals surface area contributed by atoms with Crippen molar-refractivity contribution in [1.82, 2.24) is 14.6 Å². The van der Waals surface area contributed by atoms with E-state index in [0.29, 0.717) is 30.3 Å². The van der Waals surface area contributed by atoms with Crippen LogP contribution in [0.2, 0.25) is 0 Å². The first-order valence-electron chi connectivity index (χ1n) is 13.2. The summed E-state index contributed by atoms with van der Waals surface area (Å²) >= 11 is -1.66. The van der Waals surface area contributed by atoms with Crippen molar-refractivity contribution in [1.29, 1.82) is 0 Å². The smallest absolute Gasteiger partial charge is 0.253 e. The van der Waals surface area contributed by atoms with Crippen LogP contribution in [0.1, 0.15) is 81.8 Å². The maximum absolute atomic E-state index is 15.2. The highest BCUT2D eigenvalue weighted by molar-refractivity contribution is 7.89. The number of aromatic nitrogens is 1. The number of nitrogens with zero attached hydrogens (tertiary/aromatic N) is 1. The van der Waals surface area contributed by atoms with E-state index in [1.54, 1.807) is 6.07 Å². The van der Waals surface area contributed by atoms with Crippen LogP contribution in [0.25, 0.3) is 11.3 Å². The molecule has 2 N–H and O–H groups in total. The molecular formula is C28H40FN3O3S. The Bertz CT molecular complexity index is 1050. The van der Waals surface area contributed by atoms with Crippen LogP contribution in [-0.4, -0.2) is 39.8 Å². The van der Waals surface area contributed by atoms with Crippen LogP contribution in [0.3, 0.4) is 0 Å². The number of amides is 1. The lowest BCUT2D eigenvalue weighted by molar-refractivity contribution is 0.0696. The third-order valence-electron chi connectivity index (χ3n) is 7.16. The second-order valence-corrected chi connectivity index (χ2v) is 12.5. The van der Waals surface area contributed by atoms with Gasteiger partial charge in [-0.15, -0.1) is 4.72 Å². The Morgan fingerprint density at radius 3 is 2.47 bits per heavy atom. The summed E-state index contributed by atoms with van der Waals surface area (Å²) < 4.78 is 38.4. The first-order chi connectivity index (χ1) is 17.1. The number of carbonyl (C=O) groups is 1. The van der Waals surface area contributed by atoms with Gasteiger partial charge in [0, 0.05) is 42.8 Å². The molecule has 36 heavy (non-hydrogen) atoms. The molecule has 6 nitrogen and oxygen atoms in total. The van der Waals surface area contributed by atoms with E-state index in [-0.39, 0.29) is 16.8 Å². The Morgan fingerprint density at radius 1 is 1.14 bits per heavy atom. The highest BCUT2D eigenvalue weighted by Gasteiger charge is 2.27. The van der Waals surface area contributed by atoms with Crippen molar-refractivity contribution in [2.75, 3.05) is 13.2 Å². The third kappa shape index (κ3) is 6.71. The number of rotatable bonds is 7. The Morgan fingerprint density at radius 2 is 1.83 bits per heavy atom. The van der Waals surface area contributed by atoms with Gasteiger partial charge in [-0.1, -0.05) is 19.3 Å². The molecule has 1 aromatic heterocycles. The van der Waals surface area contributed by atoms with E-state index in [9.17, 15) is 9.35 Å². The molecule has 1 unspecified atom stereocenters. The summed E-state index contributed by atoms with van der Waals surface area (Å²) in [5.74, 6) is -0.0582. The molecule has 2 aliphatic rings. The van der Waals surface area contributed by atoms with Gasteiger partial charge in [-0.3, -0.25) is 4.79 Å². The molecule has 0 radical (unpaired) electrons. The molecule has 8 heteroatoms. The lowest BCUT2D eigenvalue weighted by Gasteiger charge is -2.25. The molecule has 1 atom stereocenters. The minimum Gasteiger partial charge on any atom is -0.593 e. The molecule has 1 aliphatic heterocycles. The van der Waals surface area contributed by atoms with Gasteiger partial charge in [0.05, 0.1) is 22.5 Å². The fourth-order valence-corrected chi connectivity index (χ4v) is 6.32. The van der Waals surface area contributed by atoms with Crippen molar-refractivity contribution in [3.05, 3.63) is 41.3 Å². The average molecular weight is 518 g/mol. The zero-order chi connectivity index (χ0) is 25.9. The standard InChI is InChI=1S/C28H40FN3O3S/c1-19-23(27(33)30-22-12-14-35-15-13-22)17-25(32(19)18-20-8-6-5-7-9-20)21-10-11-26(24(29)16-21)36(34)31-28(2,3)4/h10-11,16-17,20,22,31H,5-9,12-15,18H2,1-4H3,(H,30,33). The van der Waals surface area contributed by atoms with E-state index in [2.05, 4.69) is 14.6 Å². The van der Waals surface area contributed by atoms with Gasteiger partial charge >= 0.3 is 0 Å². The minimum absolute atomic E-state index is 0.0874. The van der Waals surface area contributed by atoms with Gasteiger partial charge in [-0.05, 0) is 83.6 Å². The normalized spacial score (nSPS) is 18.8. The molecule has 2 aromatic rings. The number of hydrogen-bond acceptors (Lipinski definition) is 4. The van der Waals surface area contributed by atoms with Crippen LogP contribution in [0.15, 0.2) is 29.2 Å². The van der Waals surface area contributed by atoms with Crippen LogP contribution in [0, 0.1) is 18.7 Å². The molecule has 1 aromatic carbocycles. The van der Waals surface area contributed by atoms with Gasteiger partial charge in [0.1, 0.15) is 0 Å². The van der Waals surface area contributed by atoms with Crippen LogP contribution in [-0.2, 0) is 22.6 Å². The van der Waals surface area contributed by atoms with E-state index in [0.717, 1.165) is 30.8 Å². The molecule has 4 rings (SSSR count). The highest BCUT2D eigenvalue weighted by atomic mass is 32.2. The minimum atomic E-state index is -1.66. The maximum atomic E-state index is 15.2. The van der Waals surface area contributed by atoms with Gasteiger partial charge in [0.15, 0.2) is 5.82 Å². The zero-order valence-corrected chi connectivity index (χ0v) is 22.8. The summed E-state index contributed by atoms with van der Waals surface area (Å²) in [5, 5.41) is 3.17. The summed E-state index contributed by atoms with van der Waals surface area (Å²) in [6, 6.07) is 6.86. The Labute approximate surface area is 217 Å². The summed E-state index contributed by atoms with van der Waals surface area (Å²) in [4.78, 5) is 13.4. The average Bonchev–Trinajstić information content (AvgIpc) is 3.15. The van der Waals surface area contributed by atoms with Crippen LogP contribution >= 0.6 is 0 Å². The maximum Gasteiger partial charge on any atom is 0.253 e. The first kappa shape index (κ1) is 27.2. The topological polar surface area (TPSA) is 78.3 Å². The summed E-state index contributed by atoms with van der Waals surface area (Å²) in [6.07, 6.45) is 7.70. The monoisotopic (exact) mass is 517 g/mol. The molecular weight excluding hydrogens is 477 g/mol. The molecule has 198 valence electrons. The van der Waals surface area contributed by atoms with Crippen molar-refractivity contribution in [3.8, 4) is 11.3 Å². The van der Waals surface area contributed by atoms with Crippen molar-refractivity contribution in [2.45, 2.75) is 95.7 Å². The lowest BCUT2D eigenvalue weighted by atomic mass is 9.89. The van der Waals surface area contributed by atoms with Gasteiger partial charge in [0.2, 0.25) is 4.90 Å². The summed E-state index contributed by atoms with van der Waals surface area (Å²) in [7, 11) is 0. The van der Waals surface area contributed by atoms with E-state index in [4.69, 9.17) is 4.74 Å². The lowest BCUT2D eigenvalue weighted by Crippen LogP contribution is -2.40. The van der Waals surface area contributed by atoms with Crippen molar-refractivity contribution in [2.24, 2.45) is 5.92 Å². The van der Waals surface area contributed by atoms with Crippen molar-refractivity contribution in [3.63, 3.8) is 0 Å². The largest absolute Gasteiger partial charge is 0.593 e. The number of hydrogen-bond donors (Lipinski definition) is 2. The third-order valence-corrected chi connectivity index (χ3v) is 8.69. The van der Waals surface area contributed by atoms with Crippen LogP contribution in [0.5, 0.6) is 0 Å². The number of carbonyl (C=O) groups excluding carboxylic acids is 1. The number of halogens is 1. The van der Waals surface area contributed by atoms with E-state index in [1.165, 1.54) is 38.2 Å². The van der Waals surface area contributed by atoms with Gasteiger partial charge < -0.3 is 19.2 Å². The Kier molecular flexibility index (Phi) is 8.81. The summed E-state index contributed by atoms with van der Waals surface area (Å²) in [6.45, 7) is 9.80. The van der Waals surface area contributed by atoms with E-state index < -0.39 is 22.7 Å². The molecule has 2 heterocycles. The van der Waals surface area contributed by atoms with Crippen LogP contribution < -0.4 is 10.0 Å². The molecule has 1 saturated heterocycles. The SMILES string of the molecule is Cc1c(C(=O)NC2CCOCC2)cc(-c2ccc([S+]([O-])NC(C)(C)C)c(F)c2)n1CC1CCCCC1. The first-order valence-corrected chi connectivity index (χ1v) is 14.4. The summed E-state index contributed by atoms with van der Waals surface area (Å²) in [5.41, 5.74) is 2.65. The van der Waals surface area contributed by atoms with Crippen molar-refractivity contribution < 1.29 is 18.5 Å². The predicted molar refractivity (Wildman–Crippen MR) is 142 cm³/mol. The number of nitrogens with one attached hydrogen (secondary N) is 2. The second-order valence-electron chi connectivity index (χ2n) is 11.3. The fraction of sp³-hybridized carbons (Fsp3) is 0.607. The zero-order valence-electron chi connectivity index (χ0n) is 22.0.